The first kappa shape index (κ1) is 13.7. The van der Waals surface area contributed by atoms with Gasteiger partial charge in [-0.15, -0.1) is 0 Å². The number of carbonyl (C=O) groups is 2. The average molecular weight is 444 g/mol. The largest absolute Gasteiger partial charge is 0.343 e. The molecule has 16 heavy (non-hydrogen) atoms. The first-order valence-electron chi connectivity index (χ1n) is 4.52. The maximum absolute atomic E-state index is 10.7. The molecule has 0 spiro atoms. The fourth-order valence-corrected chi connectivity index (χ4v) is 1.50. The van der Waals surface area contributed by atoms with Gasteiger partial charge in [-0.05, 0) is 11.1 Å². The smallest absolute Gasteiger partial charge is 0.280 e. The van der Waals surface area contributed by atoms with Crippen molar-refractivity contribution < 1.29 is 9.59 Å². The standard InChI is InChI=1S/C10H10I2N2O2/c11-9(15)13-5-7-1-2-8(4-3-7)6-14-10(12)16/h1-4H,5-6H2,(H,13,15)(H,14,16). The molecule has 2 amide bonds. The van der Waals surface area contributed by atoms with Gasteiger partial charge in [0, 0.05) is 58.3 Å². The third-order valence-corrected chi connectivity index (χ3v) is 2.65. The number of rotatable bonds is 4. The molecule has 0 aliphatic carbocycles. The van der Waals surface area contributed by atoms with E-state index in [-0.39, 0.29) is 7.83 Å². The van der Waals surface area contributed by atoms with Crippen molar-refractivity contribution in [3.8, 4) is 0 Å². The zero-order valence-corrected chi connectivity index (χ0v) is 12.6. The Kier molecular flexibility index (Phi) is 6.03. The number of amides is 2. The van der Waals surface area contributed by atoms with Crippen molar-refractivity contribution in [2.24, 2.45) is 0 Å². The summed E-state index contributed by atoms with van der Waals surface area (Å²) in [5.74, 6) is 0. The lowest BCUT2D eigenvalue weighted by Gasteiger charge is -2.04. The molecular formula is C10H10I2N2O2. The summed E-state index contributed by atoms with van der Waals surface area (Å²) in [7, 11) is 0. The van der Waals surface area contributed by atoms with Gasteiger partial charge in [0.2, 0.25) is 0 Å². The lowest BCUT2D eigenvalue weighted by molar-refractivity contribution is 0.262. The molecule has 1 rings (SSSR count). The normalized spacial score (nSPS) is 9.62. The summed E-state index contributed by atoms with van der Waals surface area (Å²) < 4.78 is -0.141. The monoisotopic (exact) mass is 444 g/mol. The highest BCUT2D eigenvalue weighted by Gasteiger charge is 1.98. The van der Waals surface area contributed by atoms with E-state index in [1.54, 1.807) is 45.2 Å². The van der Waals surface area contributed by atoms with E-state index in [1.165, 1.54) is 0 Å². The van der Waals surface area contributed by atoms with Crippen LogP contribution in [0, 0.1) is 0 Å². The topological polar surface area (TPSA) is 58.2 Å². The Hall–Kier alpha value is -0.380. The average Bonchev–Trinajstić information content (AvgIpc) is 2.25. The van der Waals surface area contributed by atoms with Crippen molar-refractivity contribution in [2.45, 2.75) is 13.1 Å². The number of benzene rings is 1. The number of hydrogen-bond donors (Lipinski definition) is 2. The van der Waals surface area contributed by atoms with Crippen LogP contribution in [0.25, 0.3) is 0 Å². The molecule has 0 unspecified atom stereocenters. The lowest BCUT2D eigenvalue weighted by Crippen LogP contribution is -2.16. The van der Waals surface area contributed by atoms with Gasteiger partial charge in [0.1, 0.15) is 0 Å². The van der Waals surface area contributed by atoms with Gasteiger partial charge in [0.15, 0.2) is 0 Å². The van der Waals surface area contributed by atoms with Gasteiger partial charge in [-0.1, -0.05) is 24.3 Å². The highest BCUT2D eigenvalue weighted by Crippen LogP contribution is 2.05. The second-order valence-electron chi connectivity index (χ2n) is 3.07. The summed E-state index contributed by atoms with van der Waals surface area (Å²) in [5.41, 5.74) is 2.07. The van der Waals surface area contributed by atoms with Crippen LogP contribution in [0.2, 0.25) is 0 Å². The molecule has 0 aromatic heterocycles. The molecule has 0 aliphatic heterocycles. The van der Waals surface area contributed by atoms with Crippen LogP contribution in [0.5, 0.6) is 0 Å². The molecular weight excluding hydrogens is 434 g/mol. The van der Waals surface area contributed by atoms with Crippen molar-refractivity contribution in [3.63, 3.8) is 0 Å². The van der Waals surface area contributed by atoms with Crippen LogP contribution in [0.1, 0.15) is 11.1 Å². The van der Waals surface area contributed by atoms with Gasteiger partial charge in [0.25, 0.3) is 7.83 Å². The van der Waals surface area contributed by atoms with Gasteiger partial charge in [-0.2, -0.15) is 0 Å². The number of halogens is 2. The molecule has 0 saturated heterocycles. The minimum absolute atomic E-state index is 0.0705. The molecule has 2 N–H and O–H groups in total. The molecule has 4 nitrogen and oxygen atoms in total. The van der Waals surface area contributed by atoms with Gasteiger partial charge >= 0.3 is 0 Å². The van der Waals surface area contributed by atoms with E-state index in [2.05, 4.69) is 10.6 Å². The van der Waals surface area contributed by atoms with E-state index < -0.39 is 0 Å². The number of hydrogen-bond acceptors (Lipinski definition) is 2. The number of nitrogens with one attached hydrogen (secondary N) is 2. The highest BCUT2D eigenvalue weighted by atomic mass is 127. The van der Waals surface area contributed by atoms with Crippen molar-refractivity contribution in [2.75, 3.05) is 0 Å². The van der Waals surface area contributed by atoms with Crippen LogP contribution < -0.4 is 10.6 Å². The van der Waals surface area contributed by atoms with E-state index >= 15 is 0 Å². The molecule has 1 aromatic rings. The molecule has 6 heteroatoms. The van der Waals surface area contributed by atoms with Crippen LogP contribution >= 0.6 is 45.2 Å². The Morgan fingerprint density at radius 3 is 1.44 bits per heavy atom. The zero-order chi connectivity index (χ0) is 12.0. The van der Waals surface area contributed by atoms with Gasteiger partial charge in [-0.3, -0.25) is 9.59 Å². The molecule has 0 heterocycles. The van der Waals surface area contributed by atoms with Crippen molar-refractivity contribution in [3.05, 3.63) is 35.4 Å². The predicted octanol–water partition coefficient (Wildman–Crippen LogP) is 2.98. The minimum atomic E-state index is -0.0705. The molecule has 86 valence electrons. The molecule has 0 atom stereocenters. The Labute approximate surface area is 121 Å². The lowest BCUT2D eigenvalue weighted by atomic mass is 10.1. The van der Waals surface area contributed by atoms with Gasteiger partial charge in [-0.25, -0.2) is 0 Å². The van der Waals surface area contributed by atoms with E-state index in [0.717, 1.165) is 11.1 Å². The van der Waals surface area contributed by atoms with Gasteiger partial charge in [0.05, 0.1) is 0 Å². The number of carbonyl (C=O) groups excluding carboxylic acids is 2. The summed E-state index contributed by atoms with van der Waals surface area (Å²) in [6, 6.07) is 7.73. The predicted molar refractivity (Wildman–Crippen MR) is 79.0 cm³/mol. The molecule has 0 fully saturated rings. The van der Waals surface area contributed by atoms with Crippen molar-refractivity contribution in [1.29, 1.82) is 0 Å². The van der Waals surface area contributed by atoms with Crippen LogP contribution in [0.15, 0.2) is 24.3 Å². The third-order valence-electron chi connectivity index (χ3n) is 1.89. The van der Waals surface area contributed by atoms with E-state index in [4.69, 9.17) is 0 Å². The van der Waals surface area contributed by atoms with Crippen LogP contribution in [0.4, 0.5) is 9.59 Å². The molecule has 0 saturated carbocycles. The highest BCUT2D eigenvalue weighted by molar-refractivity contribution is 14.1. The van der Waals surface area contributed by atoms with Crippen molar-refractivity contribution in [1.82, 2.24) is 10.6 Å². The van der Waals surface area contributed by atoms with Gasteiger partial charge < -0.3 is 10.6 Å². The Morgan fingerprint density at radius 2 is 1.19 bits per heavy atom. The van der Waals surface area contributed by atoms with Crippen LogP contribution in [-0.4, -0.2) is 7.83 Å². The minimum Gasteiger partial charge on any atom is -0.343 e. The van der Waals surface area contributed by atoms with E-state index in [9.17, 15) is 9.59 Å². The quantitative estimate of drug-likeness (QED) is 0.427. The fourth-order valence-electron chi connectivity index (χ4n) is 1.12. The summed E-state index contributed by atoms with van der Waals surface area (Å²) in [6.07, 6.45) is 0. The summed E-state index contributed by atoms with van der Waals surface area (Å²) in [4.78, 5) is 21.4. The fraction of sp³-hybridized carbons (Fsp3) is 0.200. The molecule has 0 bridgehead atoms. The second kappa shape index (κ2) is 7.05. The van der Waals surface area contributed by atoms with E-state index in [1.807, 2.05) is 24.3 Å². The van der Waals surface area contributed by atoms with Crippen LogP contribution in [0.3, 0.4) is 0 Å². The first-order valence-corrected chi connectivity index (χ1v) is 6.68. The first-order chi connectivity index (χ1) is 7.58. The van der Waals surface area contributed by atoms with Crippen molar-refractivity contribution >= 4 is 53.0 Å². The van der Waals surface area contributed by atoms with E-state index in [0.29, 0.717) is 13.1 Å². The maximum atomic E-state index is 10.7. The summed E-state index contributed by atoms with van der Waals surface area (Å²) >= 11 is 3.40. The Balaban J connectivity index is 2.47. The molecule has 0 radical (unpaired) electrons. The van der Waals surface area contributed by atoms with Crippen LogP contribution in [-0.2, 0) is 13.1 Å². The summed E-state index contributed by atoms with van der Waals surface area (Å²) in [6.45, 7) is 1.06. The second-order valence-corrected chi connectivity index (χ2v) is 5.03. The maximum Gasteiger partial charge on any atom is 0.280 e. The zero-order valence-electron chi connectivity index (χ0n) is 8.30. The SMILES string of the molecule is O=C(I)NCc1ccc(CNC(=O)I)cc1. The molecule has 0 aliphatic rings. The molecule has 1 aromatic carbocycles. The Bertz CT molecular complexity index is 342. The Morgan fingerprint density at radius 1 is 0.875 bits per heavy atom. The summed E-state index contributed by atoms with van der Waals surface area (Å²) in [5, 5.41) is 5.42. The third kappa shape index (κ3) is 5.64.